The molecule has 3 aromatic rings. The van der Waals surface area contributed by atoms with Crippen molar-refractivity contribution in [1.82, 2.24) is 9.78 Å². The predicted molar refractivity (Wildman–Crippen MR) is 108 cm³/mol. The first kappa shape index (κ1) is 18.6. The Bertz CT molecular complexity index is 984. The molecule has 0 aliphatic rings. The maximum Gasteiger partial charge on any atom is 0.311 e. The van der Waals surface area contributed by atoms with Crippen molar-refractivity contribution in [1.29, 1.82) is 0 Å². The lowest BCUT2D eigenvalue weighted by Crippen LogP contribution is -2.15. The summed E-state index contributed by atoms with van der Waals surface area (Å²) in [6.07, 6.45) is 0.331. The fourth-order valence-electron chi connectivity index (χ4n) is 3.16. The summed E-state index contributed by atoms with van der Waals surface area (Å²) < 4.78 is 1.84. The zero-order chi connectivity index (χ0) is 19.6. The van der Waals surface area contributed by atoms with Gasteiger partial charge in [0.05, 0.1) is 23.0 Å². The Morgan fingerprint density at radius 1 is 1.11 bits per heavy atom. The lowest BCUT2D eigenvalue weighted by molar-refractivity contribution is -0.138. The molecular weight excluding hydrogens is 336 g/mol. The SMILES string of the molecule is C=C(C)c1cc(CC(C(=O)O)c2cccc(C)c2)nn1-c1ccc(C)cc1. The van der Waals surface area contributed by atoms with Crippen LogP contribution in [0.5, 0.6) is 0 Å². The molecular formula is C23H24N2O2. The summed E-state index contributed by atoms with van der Waals surface area (Å²) in [4.78, 5) is 11.9. The topological polar surface area (TPSA) is 55.1 Å². The molecule has 0 aliphatic carbocycles. The number of aryl methyl sites for hydroxylation is 2. The minimum absolute atomic E-state index is 0.331. The number of allylic oxidation sites excluding steroid dienone is 1. The van der Waals surface area contributed by atoms with E-state index in [1.165, 1.54) is 5.56 Å². The number of hydrogen-bond acceptors (Lipinski definition) is 2. The zero-order valence-electron chi connectivity index (χ0n) is 15.9. The van der Waals surface area contributed by atoms with Crippen LogP contribution in [-0.4, -0.2) is 20.9 Å². The Morgan fingerprint density at radius 2 is 1.81 bits per heavy atom. The highest BCUT2D eigenvalue weighted by Crippen LogP contribution is 2.25. The van der Waals surface area contributed by atoms with Crippen LogP contribution >= 0.6 is 0 Å². The molecule has 0 radical (unpaired) electrons. The average molecular weight is 360 g/mol. The summed E-state index contributed by atoms with van der Waals surface area (Å²) in [5, 5.41) is 14.5. The van der Waals surface area contributed by atoms with Crippen molar-refractivity contribution >= 4 is 11.5 Å². The number of hydrogen-bond donors (Lipinski definition) is 1. The molecule has 138 valence electrons. The van der Waals surface area contributed by atoms with Gasteiger partial charge in [-0.15, -0.1) is 0 Å². The van der Waals surface area contributed by atoms with Crippen molar-refractivity contribution in [3.8, 4) is 5.69 Å². The molecule has 27 heavy (non-hydrogen) atoms. The molecule has 2 aromatic carbocycles. The van der Waals surface area contributed by atoms with Gasteiger partial charge in [0.1, 0.15) is 0 Å². The summed E-state index contributed by atoms with van der Waals surface area (Å²) in [7, 11) is 0. The Labute approximate surface area is 159 Å². The van der Waals surface area contributed by atoms with E-state index in [-0.39, 0.29) is 0 Å². The number of nitrogens with zero attached hydrogens (tertiary/aromatic N) is 2. The highest BCUT2D eigenvalue weighted by Gasteiger charge is 2.23. The molecule has 0 aliphatic heterocycles. The smallest absolute Gasteiger partial charge is 0.311 e. The van der Waals surface area contributed by atoms with E-state index in [0.717, 1.165) is 33.8 Å². The van der Waals surface area contributed by atoms with E-state index < -0.39 is 11.9 Å². The number of rotatable bonds is 6. The molecule has 0 saturated heterocycles. The minimum Gasteiger partial charge on any atom is -0.481 e. The van der Waals surface area contributed by atoms with Gasteiger partial charge in [-0.2, -0.15) is 5.10 Å². The van der Waals surface area contributed by atoms with Crippen LogP contribution in [-0.2, 0) is 11.2 Å². The Morgan fingerprint density at radius 3 is 2.41 bits per heavy atom. The lowest BCUT2D eigenvalue weighted by Gasteiger charge is -2.12. The average Bonchev–Trinajstić information content (AvgIpc) is 3.04. The van der Waals surface area contributed by atoms with Gasteiger partial charge in [0.2, 0.25) is 0 Å². The first-order chi connectivity index (χ1) is 12.8. The summed E-state index contributed by atoms with van der Waals surface area (Å²) in [5.74, 6) is -1.48. The molecule has 1 aromatic heterocycles. The minimum atomic E-state index is -0.845. The summed E-state index contributed by atoms with van der Waals surface area (Å²) in [6.45, 7) is 9.99. The third kappa shape index (κ3) is 4.17. The second-order valence-corrected chi connectivity index (χ2v) is 7.06. The molecule has 4 nitrogen and oxygen atoms in total. The van der Waals surface area contributed by atoms with Crippen LogP contribution in [0.25, 0.3) is 11.3 Å². The van der Waals surface area contributed by atoms with Crippen molar-refractivity contribution in [2.75, 3.05) is 0 Å². The van der Waals surface area contributed by atoms with Gasteiger partial charge in [0.15, 0.2) is 0 Å². The maximum absolute atomic E-state index is 11.9. The van der Waals surface area contributed by atoms with Crippen LogP contribution in [0.2, 0.25) is 0 Å². The molecule has 1 heterocycles. The van der Waals surface area contributed by atoms with Crippen molar-refractivity contribution in [2.24, 2.45) is 0 Å². The van der Waals surface area contributed by atoms with Crippen molar-refractivity contribution < 1.29 is 9.90 Å². The lowest BCUT2D eigenvalue weighted by atomic mass is 9.93. The zero-order valence-corrected chi connectivity index (χ0v) is 15.9. The number of carboxylic acids is 1. The van der Waals surface area contributed by atoms with Gasteiger partial charge in [-0.3, -0.25) is 4.79 Å². The molecule has 0 fully saturated rings. The van der Waals surface area contributed by atoms with Gasteiger partial charge in [-0.25, -0.2) is 4.68 Å². The number of aromatic nitrogens is 2. The van der Waals surface area contributed by atoms with Gasteiger partial charge in [0, 0.05) is 6.42 Å². The highest BCUT2D eigenvalue weighted by atomic mass is 16.4. The van der Waals surface area contributed by atoms with Crippen molar-refractivity contribution in [2.45, 2.75) is 33.1 Å². The maximum atomic E-state index is 11.9. The number of carboxylic acid groups (broad SMARTS) is 1. The van der Waals surface area contributed by atoms with E-state index in [4.69, 9.17) is 5.10 Å². The first-order valence-electron chi connectivity index (χ1n) is 8.96. The molecule has 0 amide bonds. The summed E-state index contributed by atoms with van der Waals surface area (Å²) >= 11 is 0. The highest BCUT2D eigenvalue weighted by molar-refractivity contribution is 5.76. The van der Waals surface area contributed by atoms with E-state index in [1.807, 2.05) is 80.1 Å². The van der Waals surface area contributed by atoms with Gasteiger partial charge >= 0.3 is 5.97 Å². The summed E-state index contributed by atoms with van der Waals surface area (Å²) in [5.41, 5.74) is 6.47. The third-order valence-electron chi connectivity index (χ3n) is 4.63. The van der Waals surface area contributed by atoms with Gasteiger partial charge < -0.3 is 5.11 Å². The fourth-order valence-corrected chi connectivity index (χ4v) is 3.16. The van der Waals surface area contributed by atoms with E-state index >= 15 is 0 Å². The molecule has 1 unspecified atom stereocenters. The van der Waals surface area contributed by atoms with Crippen molar-refractivity contribution in [3.63, 3.8) is 0 Å². The van der Waals surface area contributed by atoms with Crippen molar-refractivity contribution in [3.05, 3.63) is 89.3 Å². The molecule has 1 N–H and O–H groups in total. The number of aliphatic carboxylic acids is 1. The normalized spacial score (nSPS) is 12.0. The molecule has 4 heteroatoms. The van der Waals surface area contributed by atoms with Gasteiger partial charge in [0.25, 0.3) is 0 Å². The van der Waals surface area contributed by atoms with E-state index in [2.05, 4.69) is 6.58 Å². The summed E-state index contributed by atoms with van der Waals surface area (Å²) in [6, 6.07) is 17.7. The number of carbonyl (C=O) groups is 1. The molecule has 3 rings (SSSR count). The van der Waals surface area contributed by atoms with Gasteiger partial charge in [-0.05, 0) is 50.1 Å². The standard InChI is InChI=1S/C23H24N2O2/c1-15(2)22-14-19(24-25(22)20-10-8-16(3)9-11-20)13-21(23(26)27)18-7-5-6-17(4)12-18/h5-12,14,21H,1,13H2,2-4H3,(H,26,27). The molecule has 0 bridgehead atoms. The largest absolute Gasteiger partial charge is 0.481 e. The Balaban J connectivity index is 1.98. The van der Waals surface area contributed by atoms with Crippen LogP contribution in [0.1, 0.15) is 40.9 Å². The molecule has 1 atom stereocenters. The molecule has 0 saturated carbocycles. The Kier molecular flexibility index (Phi) is 5.26. The van der Waals surface area contributed by atoms with Crippen LogP contribution in [0.4, 0.5) is 0 Å². The van der Waals surface area contributed by atoms with E-state index in [9.17, 15) is 9.90 Å². The molecule has 0 spiro atoms. The predicted octanol–water partition coefficient (Wildman–Crippen LogP) is 4.93. The van der Waals surface area contributed by atoms with Crippen LogP contribution in [0, 0.1) is 13.8 Å². The Hall–Kier alpha value is -3.14. The second kappa shape index (κ2) is 7.62. The quantitative estimate of drug-likeness (QED) is 0.678. The first-order valence-corrected chi connectivity index (χ1v) is 8.96. The van der Waals surface area contributed by atoms with E-state index in [0.29, 0.717) is 6.42 Å². The fraction of sp³-hybridized carbons (Fsp3) is 0.217. The third-order valence-corrected chi connectivity index (χ3v) is 4.63. The van der Waals surface area contributed by atoms with Crippen LogP contribution < -0.4 is 0 Å². The second-order valence-electron chi connectivity index (χ2n) is 7.06. The monoisotopic (exact) mass is 360 g/mol. The number of benzene rings is 2. The van der Waals surface area contributed by atoms with Crippen LogP contribution in [0.15, 0.2) is 61.2 Å². The van der Waals surface area contributed by atoms with Crippen LogP contribution in [0.3, 0.4) is 0 Å². The van der Waals surface area contributed by atoms with E-state index in [1.54, 1.807) is 0 Å². The van der Waals surface area contributed by atoms with Gasteiger partial charge in [-0.1, -0.05) is 54.1 Å².